The van der Waals surface area contributed by atoms with E-state index >= 15 is 0 Å². The fraction of sp³-hybridized carbons (Fsp3) is 0.800. The van der Waals surface area contributed by atoms with E-state index in [1.165, 1.54) is 0 Å². The van der Waals surface area contributed by atoms with Gasteiger partial charge < -0.3 is 5.11 Å². The predicted molar refractivity (Wildman–Crippen MR) is 48.1 cm³/mol. The Kier molecular flexibility index (Phi) is 4.22. The van der Waals surface area contributed by atoms with Gasteiger partial charge >= 0.3 is 0 Å². The molecule has 0 aliphatic heterocycles. The number of hydrogen-bond acceptors (Lipinski definition) is 1. The molecule has 0 rings (SSSR count). The van der Waals surface area contributed by atoms with Crippen LogP contribution in [-0.2, 0) is 0 Å². The molecule has 1 N–H and O–H groups in total. The molecule has 0 aromatic rings. The third kappa shape index (κ3) is 5.94. The zero-order valence-corrected chi connectivity index (χ0v) is 7.94. The monoisotopic (exact) mass is 154 g/mol. The van der Waals surface area contributed by atoms with E-state index in [1.807, 2.05) is 13.8 Å². The van der Waals surface area contributed by atoms with E-state index in [-0.39, 0.29) is 11.5 Å². The van der Waals surface area contributed by atoms with Crippen LogP contribution in [-0.4, -0.2) is 11.2 Å². The summed E-state index contributed by atoms with van der Waals surface area (Å²) in [6, 6.07) is 0. The maximum Gasteiger partial charge on any atom is 0.0517 e. The lowest BCUT2D eigenvalue weighted by molar-refractivity contribution is 0.132. The molecule has 0 bridgehead atoms. The van der Waals surface area contributed by atoms with Crippen LogP contribution in [0.2, 0.25) is 0 Å². The molecule has 0 aromatic heterocycles. The summed E-state index contributed by atoms with van der Waals surface area (Å²) in [5.41, 5.74) is 0.150. The maximum atomic E-state index is 9.14. The number of aliphatic hydroxyl groups is 1. The summed E-state index contributed by atoms with van der Waals surface area (Å²) in [5.74, 6) is 5.90. The molecule has 0 aliphatic rings. The first-order chi connectivity index (χ1) is 4.98. The van der Waals surface area contributed by atoms with Gasteiger partial charge in [0, 0.05) is 6.42 Å². The number of rotatable bonds is 3. The van der Waals surface area contributed by atoms with Crippen LogP contribution in [0.3, 0.4) is 0 Å². The first kappa shape index (κ1) is 10.5. The summed E-state index contributed by atoms with van der Waals surface area (Å²) in [6.07, 6.45) is 1.47. The summed E-state index contributed by atoms with van der Waals surface area (Å²) in [5, 5.41) is 9.14. The topological polar surface area (TPSA) is 20.2 Å². The smallest absolute Gasteiger partial charge is 0.0517 e. The largest absolute Gasteiger partial charge is 0.393 e. The van der Waals surface area contributed by atoms with Crippen LogP contribution in [0.1, 0.15) is 40.5 Å². The van der Waals surface area contributed by atoms with Crippen LogP contribution in [0.5, 0.6) is 0 Å². The standard InChI is InChI=1S/C10H18O/c1-5-6-7-10(3,4)8-9(2)11/h9,11H,7-8H2,1-4H3. The van der Waals surface area contributed by atoms with Crippen LogP contribution in [0.15, 0.2) is 0 Å². The lowest BCUT2D eigenvalue weighted by atomic mass is 9.84. The zero-order valence-electron chi connectivity index (χ0n) is 7.94. The molecular weight excluding hydrogens is 136 g/mol. The second-order valence-electron chi connectivity index (χ2n) is 3.82. The fourth-order valence-electron chi connectivity index (χ4n) is 1.20. The molecule has 0 aliphatic carbocycles. The van der Waals surface area contributed by atoms with Gasteiger partial charge in [0.25, 0.3) is 0 Å². The minimum Gasteiger partial charge on any atom is -0.393 e. The first-order valence-corrected chi connectivity index (χ1v) is 4.05. The van der Waals surface area contributed by atoms with E-state index < -0.39 is 0 Å². The fourth-order valence-corrected chi connectivity index (χ4v) is 1.20. The van der Waals surface area contributed by atoms with Crippen LogP contribution >= 0.6 is 0 Å². The van der Waals surface area contributed by atoms with Crippen molar-refractivity contribution in [3.8, 4) is 11.8 Å². The highest BCUT2D eigenvalue weighted by Crippen LogP contribution is 2.25. The summed E-state index contributed by atoms with van der Waals surface area (Å²) in [6.45, 7) is 7.92. The molecule has 0 saturated heterocycles. The average Bonchev–Trinajstić information content (AvgIpc) is 1.81. The van der Waals surface area contributed by atoms with E-state index in [9.17, 15) is 0 Å². The van der Waals surface area contributed by atoms with Crippen molar-refractivity contribution in [1.82, 2.24) is 0 Å². The first-order valence-electron chi connectivity index (χ1n) is 4.05. The molecule has 1 nitrogen and oxygen atoms in total. The minimum absolute atomic E-state index is 0.150. The van der Waals surface area contributed by atoms with Gasteiger partial charge in [-0.1, -0.05) is 13.8 Å². The van der Waals surface area contributed by atoms with Gasteiger partial charge in [0.1, 0.15) is 0 Å². The Morgan fingerprint density at radius 2 is 2.00 bits per heavy atom. The van der Waals surface area contributed by atoms with E-state index in [2.05, 4.69) is 25.7 Å². The van der Waals surface area contributed by atoms with Gasteiger partial charge in [-0.2, -0.15) is 0 Å². The highest BCUT2D eigenvalue weighted by Gasteiger charge is 2.18. The lowest BCUT2D eigenvalue weighted by Gasteiger charge is -2.23. The van der Waals surface area contributed by atoms with Gasteiger partial charge in [0.05, 0.1) is 6.10 Å². The molecular formula is C10H18O. The second-order valence-corrected chi connectivity index (χ2v) is 3.82. The molecule has 11 heavy (non-hydrogen) atoms. The summed E-state index contributed by atoms with van der Waals surface area (Å²) in [7, 11) is 0. The molecule has 0 heterocycles. The Bertz CT molecular complexity index is 157. The number of hydrogen-bond donors (Lipinski definition) is 1. The summed E-state index contributed by atoms with van der Waals surface area (Å²) < 4.78 is 0. The van der Waals surface area contributed by atoms with Crippen molar-refractivity contribution < 1.29 is 5.11 Å². The molecule has 1 atom stereocenters. The Morgan fingerprint density at radius 1 is 1.45 bits per heavy atom. The summed E-state index contributed by atoms with van der Waals surface area (Å²) in [4.78, 5) is 0. The summed E-state index contributed by atoms with van der Waals surface area (Å²) >= 11 is 0. The third-order valence-electron chi connectivity index (χ3n) is 1.59. The third-order valence-corrected chi connectivity index (χ3v) is 1.59. The van der Waals surface area contributed by atoms with Crippen LogP contribution in [0.25, 0.3) is 0 Å². The molecule has 0 spiro atoms. The molecule has 0 amide bonds. The van der Waals surface area contributed by atoms with E-state index in [4.69, 9.17) is 5.11 Å². The molecule has 0 fully saturated rings. The molecule has 0 aromatic carbocycles. The van der Waals surface area contributed by atoms with Gasteiger partial charge in [-0.25, -0.2) is 0 Å². The van der Waals surface area contributed by atoms with Crippen molar-refractivity contribution in [2.45, 2.75) is 46.6 Å². The highest BCUT2D eigenvalue weighted by atomic mass is 16.3. The lowest BCUT2D eigenvalue weighted by Crippen LogP contribution is -2.17. The van der Waals surface area contributed by atoms with Gasteiger partial charge in [-0.05, 0) is 25.7 Å². The van der Waals surface area contributed by atoms with Crippen LogP contribution < -0.4 is 0 Å². The van der Waals surface area contributed by atoms with Gasteiger partial charge in [0.15, 0.2) is 0 Å². The SMILES string of the molecule is CC#CCC(C)(C)CC(C)O. The Balaban J connectivity index is 3.86. The predicted octanol–water partition coefficient (Wildman–Crippen LogP) is 2.20. The van der Waals surface area contributed by atoms with Crippen molar-refractivity contribution >= 4 is 0 Å². The van der Waals surface area contributed by atoms with Crippen molar-refractivity contribution in [3.63, 3.8) is 0 Å². The molecule has 64 valence electrons. The van der Waals surface area contributed by atoms with Crippen LogP contribution in [0, 0.1) is 17.3 Å². The van der Waals surface area contributed by atoms with E-state index in [0.29, 0.717) is 0 Å². The van der Waals surface area contributed by atoms with Crippen LogP contribution in [0.4, 0.5) is 0 Å². The minimum atomic E-state index is -0.219. The molecule has 0 saturated carbocycles. The van der Waals surface area contributed by atoms with Gasteiger partial charge in [0.2, 0.25) is 0 Å². The number of aliphatic hydroxyl groups excluding tert-OH is 1. The van der Waals surface area contributed by atoms with Crippen molar-refractivity contribution in [2.75, 3.05) is 0 Å². The maximum absolute atomic E-state index is 9.14. The second kappa shape index (κ2) is 4.41. The zero-order chi connectivity index (χ0) is 8.91. The van der Waals surface area contributed by atoms with Crippen molar-refractivity contribution in [2.24, 2.45) is 5.41 Å². The molecule has 0 radical (unpaired) electrons. The van der Waals surface area contributed by atoms with Gasteiger partial charge in [-0.15, -0.1) is 11.8 Å². The quantitative estimate of drug-likeness (QED) is 0.618. The van der Waals surface area contributed by atoms with E-state index in [1.54, 1.807) is 0 Å². The average molecular weight is 154 g/mol. The molecule has 1 unspecified atom stereocenters. The molecule has 1 heteroatoms. The Hall–Kier alpha value is -0.480. The van der Waals surface area contributed by atoms with E-state index in [0.717, 1.165) is 12.8 Å². The highest BCUT2D eigenvalue weighted by molar-refractivity contribution is 4.98. The Morgan fingerprint density at radius 3 is 2.36 bits per heavy atom. The Labute approximate surface area is 69.8 Å². The normalized spacial score (nSPS) is 13.5. The van der Waals surface area contributed by atoms with Crippen molar-refractivity contribution in [3.05, 3.63) is 0 Å². The van der Waals surface area contributed by atoms with Crippen molar-refractivity contribution in [1.29, 1.82) is 0 Å². The van der Waals surface area contributed by atoms with Gasteiger partial charge in [-0.3, -0.25) is 0 Å².